The summed E-state index contributed by atoms with van der Waals surface area (Å²) in [6, 6.07) is 11.1. The van der Waals surface area contributed by atoms with Crippen molar-refractivity contribution in [2.24, 2.45) is 5.92 Å². The highest BCUT2D eigenvalue weighted by molar-refractivity contribution is 5.81. The lowest BCUT2D eigenvalue weighted by Crippen LogP contribution is -2.54. The van der Waals surface area contributed by atoms with Gasteiger partial charge in [-0.05, 0) is 69.6 Å². The van der Waals surface area contributed by atoms with E-state index in [1.165, 1.54) is 19.2 Å². The first kappa shape index (κ1) is 21.9. The van der Waals surface area contributed by atoms with Gasteiger partial charge in [0, 0.05) is 12.1 Å². The normalized spacial score (nSPS) is 16.7. The molecule has 0 spiro atoms. The van der Waals surface area contributed by atoms with Crippen LogP contribution in [-0.2, 0) is 14.3 Å². The number of esters is 1. The number of rotatable bonds is 6. The quantitative estimate of drug-likeness (QED) is 0.737. The van der Waals surface area contributed by atoms with Crippen molar-refractivity contribution in [1.29, 1.82) is 0 Å². The van der Waals surface area contributed by atoms with E-state index >= 15 is 0 Å². The van der Waals surface area contributed by atoms with E-state index in [0.29, 0.717) is 31.6 Å². The molecule has 1 unspecified atom stereocenters. The van der Waals surface area contributed by atoms with Crippen molar-refractivity contribution in [3.05, 3.63) is 65.7 Å². The average molecular weight is 413 g/mol. The van der Waals surface area contributed by atoms with Gasteiger partial charge in [0.2, 0.25) is 5.91 Å². The number of amides is 1. The second-order valence-corrected chi connectivity index (χ2v) is 8.06. The summed E-state index contributed by atoms with van der Waals surface area (Å²) >= 11 is 0. The third-order valence-corrected chi connectivity index (χ3v) is 5.81. The molecule has 1 amide bonds. The molecule has 1 aromatic carbocycles. The summed E-state index contributed by atoms with van der Waals surface area (Å²) in [5.74, 6) is -0.839. The fourth-order valence-corrected chi connectivity index (χ4v) is 3.87. The van der Waals surface area contributed by atoms with Crippen LogP contribution < -0.4 is 5.32 Å². The molecule has 0 bridgehead atoms. The van der Waals surface area contributed by atoms with Crippen LogP contribution in [-0.4, -0.2) is 47.5 Å². The molecule has 160 valence electrons. The van der Waals surface area contributed by atoms with Crippen LogP contribution in [0.5, 0.6) is 0 Å². The van der Waals surface area contributed by atoms with E-state index < -0.39 is 11.6 Å². The van der Waals surface area contributed by atoms with E-state index in [-0.39, 0.29) is 23.6 Å². The molecule has 1 aliphatic heterocycles. The predicted molar refractivity (Wildman–Crippen MR) is 111 cm³/mol. The van der Waals surface area contributed by atoms with Crippen molar-refractivity contribution in [3.8, 4) is 0 Å². The third-order valence-electron chi connectivity index (χ3n) is 5.81. The number of benzene rings is 1. The fourth-order valence-electron chi connectivity index (χ4n) is 3.87. The Morgan fingerprint density at radius 1 is 1.17 bits per heavy atom. The molecule has 2 aromatic rings. The van der Waals surface area contributed by atoms with Crippen molar-refractivity contribution >= 4 is 11.9 Å². The van der Waals surface area contributed by atoms with E-state index in [9.17, 15) is 14.0 Å². The minimum Gasteiger partial charge on any atom is -0.468 e. The van der Waals surface area contributed by atoms with Gasteiger partial charge in [-0.2, -0.15) is 0 Å². The van der Waals surface area contributed by atoms with Crippen LogP contribution in [0.15, 0.2) is 48.7 Å². The second-order valence-electron chi connectivity index (χ2n) is 8.06. The topological polar surface area (TPSA) is 71.5 Å². The van der Waals surface area contributed by atoms with Crippen molar-refractivity contribution in [3.63, 3.8) is 0 Å². The standard InChI is InChI=1S/C23H28FN3O3/c1-23(2,22(29)30-3)27-14-11-17(12-15-27)21(28)26-20(19-6-4-5-13-25-19)16-7-9-18(24)10-8-16/h4-10,13,17,20H,11-12,14-15H2,1-3H3,(H,26,28). The largest absolute Gasteiger partial charge is 0.468 e. The number of ether oxygens (including phenoxy) is 1. The molecular formula is C23H28FN3O3. The van der Waals surface area contributed by atoms with Gasteiger partial charge < -0.3 is 10.1 Å². The first-order valence-corrected chi connectivity index (χ1v) is 10.1. The van der Waals surface area contributed by atoms with Gasteiger partial charge in [-0.3, -0.25) is 19.5 Å². The fraction of sp³-hybridized carbons (Fsp3) is 0.435. The lowest BCUT2D eigenvalue weighted by atomic mass is 9.91. The van der Waals surface area contributed by atoms with Crippen molar-refractivity contribution in [2.45, 2.75) is 38.3 Å². The number of aromatic nitrogens is 1. The van der Waals surface area contributed by atoms with Crippen molar-refractivity contribution in [1.82, 2.24) is 15.2 Å². The number of hydrogen-bond acceptors (Lipinski definition) is 5. The maximum atomic E-state index is 13.4. The Morgan fingerprint density at radius 3 is 2.40 bits per heavy atom. The van der Waals surface area contributed by atoms with Crippen LogP contribution in [0.25, 0.3) is 0 Å². The molecule has 1 atom stereocenters. The zero-order chi connectivity index (χ0) is 21.7. The Labute approximate surface area is 176 Å². The highest BCUT2D eigenvalue weighted by Crippen LogP contribution is 2.27. The SMILES string of the molecule is COC(=O)C(C)(C)N1CCC(C(=O)NC(c2ccc(F)cc2)c2ccccn2)CC1. The summed E-state index contributed by atoms with van der Waals surface area (Å²) in [5.41, 5.74) is 0.746. The number of methoxy groups -OCH3 is 1. The van der Waals surface area contributed by atoms with Crippen LogP contribution in [0.3, 0.4) is 0 Å². The van der Waals surface area contributed by atoms with E-state index in [2.05, 4.69) is 15.2 Å². The first-order chi connectivity index (χ1) is 14.3. The highest BCUT2D eigenvalue weighted by Gasteiger charge is 2.39. The molecule has 0 radical (unpaired) electrons. The Hall–Kier alpha value is -2.80. The minimum absolute atomic E-state index is 0.0643. The van der Waals surface area contributed by atoms with E-state index in [4.69, 9.17) is 4.74 Å². The second kappa shape index (κ2) is 9.34. The number of piperidine rings is 1. The van der Waals surface area contributed by atoms with Gasteiger partial charge in [-0.25, -0.2) is 4.39 Å². The van der Waals surface area contributed by atoms with Crippen LogP contribution in [0.1, 0.15) is 44.0 Å². The number of likely N-dealkylation sites (tertiary alicyclic amines) is 1. The molecule has 6 nitrogen and oxygen atoms in total. The van der Waals surface area contributed by atoms with E-state index in [1.807, 2.05) is 32.0 Å². The molecular weight excluding hydrogens is 385 g/mol. The molecule has 1 aromatic heterocycles. The number of nitrogens with one attached hydrogen (secondary N) is 1. The number of halogens is 1. The average Bonchev–Trinajstić information content (AvgIpc) is 2.78. The lowest BCUT2D eigenvalue weighted by molar-refractivity contribution is -0.154. The maximum absolute atomic E-state index is 13.4. The third kappa shape index (κ3) is 4.84. The molecule has 3 rings (SSSR count). The predicted octanol–water partition coefficient (Wildman–Crippen LogP) is 3.09. The number of pyridine rings is 1. The Balaban J connectivity index is 1.70. The van der Waals surface area contributed by atoms with Crippen LogP contribution >= 0.6 is 0 Å². The van der Waals surface area contributed by atoms with Gasteiger partial charge in [-0.1, -0.05) is 18.2 Å². The molecule has 2 heterocycles. The van der Waals surface area contributed by atoms with Gasteiger partial charge in [0.25, 0.3) is 0 Å². The summed E-state index contributed by atoms with van der Waals surface area (Å²) in [6.45, 7) is 4.94. The first-order valence-electron chi connectivity index (χ1n) is 10.1. The van der Waals surface area contributed by atoms with Gasteiger partial charge in [0.15, 0.2) is 0 Å². The molecule has 1 N–H and O–H groups in total. The Kier molecular flexibility index (Phi) is 6.82. The molecule has 1 saturated heterocycles. The van der Waals surface area contributed by atoms with Gasteiger partial charge in [0.1, 0.15) is 11.4 Å². The summed E-state index contributed by atoms with van der Waals surface area (Å²) in [6.07, 6.45) is 2.96. The summed E-state index contributed by atoms with van der Waals surface area (Å²) in [7, 11) is 1.39. The number of nitrogens with zero attached hydrogens (tertiary/aromatic N) is 2. The number of carbonyl (C=O) groups is 2. The molecule has 1 aliphatic rings. The van der Waals surface area contributed by atoms with Crippen LogP contribution in [0, 0.1) is 11.7 Å². The highest BCUT2D eigenvalue weighted by atomic mass is 19.1. The van der Waals surface area contributed by atoms with Crippen LogP contribution in [0.2, 0.25) is 0 Å². The number of carbonyl (C=O) groups excluding carboxylic acids is 2. The van der Waals surface area contributed by atoms with Crippen molar-refractivity contribution < 1.29 is 18.7 Å². The summed E-state index contributed by atoms with van der Waals surface area (Å²) < 4.78 is 18.3. The summed E-state index contributed by atoms with van der Waals surface area (Å²) in [5, 5.41) is 3.09. The molecule has 30 heavy (non-hydrogen) atoms. The summed E-state index contributed by atoms with van der Waals surface area (Å²) in [4.78, 5) is 31.5. The van der Waals surface area contributed by atoms with Gasteiger partial charge in [0.05, 0.1) is 18.8 Å². The van der Waals surface area contributed by atoms with Gasteiger partial charge in [-0.15, -0.1) is 0 Å². The minimum atomic E-state index is -0.721. The molecule has 0 aliphatic carbocycles. The van der Waals surface area contributed by atoms with Gasteiger partial charge >= 0.3 is 5.97 Å². The molecule has 0 saturated carbocycles. The van der Waals surface area contributed by atoms with Crippen molar-refractivity contribution in [2.75, 3.05) is 20.2 Å². The zero-order valence-electron chi connectivity index (χ0n) is 17.6. The maximum Gasteiger partial charge on any atom is 0.325 e. The Morgan fingerprint density at radius 2 is 1.83 bits per heavy atom. The Bertz CT molecular complexity index is 863. The van der Waals surface area contributed by atoms with E-state index in [0.717, 1.165) is 5.56 Å². The lowest BCUT2D eigenvalue weighted by Gasteiger charge is -2.40. The van der Waals surface area contributed by atoms with E-state index in [1.54, 1.807) is 18.3 Å². The molecule has 7 heteroatoms. The smallest absolute Gasteiger partial charge is 0.325 e. The monoisotopic (exact) mass is 413 g/mol. The molecule has 1 fully saturated rings. The zero-order valence-corrected chi connectivity index (χ0v) is 17.6. The van der Waals surface area contributed by atoms with Crippen LogP contribution in [0.4, 0.5) is 4.39 Å². The number of hydrogen-bond donors (Lipinski definition) is 1.